The lowest BCUT2D eigenvalue weighted by atomic mass is 10.1. The van der Waals surface area contributed by atoms with Crippen LogP contribution >= 0.6 is 0 Å². The number of benzene rings is 1. The van der Waals surface area contributed by atoms with E-state index in [0.29, 0.717) is 49.4 Å². The predicted octanol–water partition coefficient (Wildman–Crippen LogP) is 2.05. The molecule has 0 radical (unpaired) electrons. The van der Waals surface area contributed by atoms with Crippen molar-refractivity contribution < 1.29 is 14.2 Å². The number of hydrogen-bond acceptors (Lipinski definition) is 7. The molecule has 1 unspecified atom stereocenters. The van der Waals surface area contributed by atoms with Crippen molar-refractivity contribution in [2.24, 2.45) is 0 Å². The second-order valence-corrected chi connectivity index (χ2v) is 7.36. The van der Waals surface area contributed by atoms with E-state index in [1.165, 1.54) is 0 Å². The fraction of sp³-hybridized carbons (Fsp3) is 0.550. The molecule has 0 bridgehead atoms. The zero-order valence-corrected chi connectivity index (χ0v) is 16.6. The van der Waals surface area contributed by atoms with Gasteiger partial charge in [0.15, 0.2) is 17.3 Å². The molecule has 1 atom stereocenters. The molecule has 2 aliphatic heterocycles. The number of rotatable bonds is 4. The molecule has 0 spiro atoms. The highest BCUT2D eigenvalue weighted by atomic mass is 16.6. The molecule has 8 nitrogen and oxygen atoms in total. The van der Waals surface area contributed by atoms with Crippen LogP contribution in [0, 0.1) is 0 Å². The van der Waals surface area contributed by atoms with E-state index in [1.54, 1.807) is 4.68 Å². The molecule has 1 aromatic carbocycles. The average molecular weight is 386 g/mol. The van der Waals surface area contributed by atoms with Crippen LogP contribution in [0.15, 0.2) is 23.0 Å². The molecular weight excluding hydrogens is 360 g/mol. The van der Waals surface area contributed by atoms with Crippen LogP contribution in [-0.4, -0.2) is 59.2 Å². The lowest BCUT2D eigenvalue weighted by Crippen LogP contribution is -2.44. The van der Waals surface area contributed by atoms with Crippen LogP contribution in [0.3, 0.4) is 0 Å². The molecule has 2 aromatic rings. The van der Waals surface area contributed by atoms with Crippen molar-refractivity contribution in [3.8, 4) is 22.9 Å². The number of fused-ring (bicyclic) bond motifs is 1. The van der Waals surface area contributed by atoms with Gasteiger partial charge in [-0.2, -0.15) is 0 Å². The minimum absolute atomic E-state index is 0.00500. The van der Waals surface area contributed by atoms with Gasteiger partial charge in [0.25, 0.3) is 5.56 Å². The summed E-state index contributed by atoms with van der Waals surface area (Å²) in [4.78, 5) is 19.8. The Morgan fingerprint density at radius 1 is 1.00 bits per heavy atom. The Morgan fingerprint density at radius 3 is 2.43 bits per heavy atom. The number of ether oxygens (including phenoxy) is 3. The van der Waals surface area contributed by atoms with Gasteiger partial charge in [0, 0.05) is 24.6 Å². The van der Waals surface area contributed by atoms with Crippen molar-refractivity contribution in [2.45, 2.75) is 32.9 Å². The normalized spacial score (nSPS) is 18.3. The summed E-state index contributed by atoms with van der Waals surface area (Å²) in [6.07, 6.45) is -0.173. The van der Waals surface area contributed by atoms with E-state index in [0.717, 1.165) is 18.7 Å². The number of hydrogen-bond donors (Lipinski definition) is 0. The Bertz CT molecular complexity index is 906. The third-order valence-electron chi connectivity index (χ3n) is 5.13. The Balaban J connectivity index is 1.77. The fourth-order valence-electron chi connectivity index (χ4n) is 3.49. The number of nitrogens with zero attached hydrogens (tertiary/aromatic N) is 4. The zero-order valence-electron chi connectivity index (χ0n) is 16.6. The first-order chi connectivity index (χ1) is 13.5. The van der Waals surface area contributed by atoms with Gasteiger partial charge in [-0.15, -0.1) is 5.10 Å². The standard InChI is InChI=1S/C20H26N4O4/c1-13(2)18-20(25)24(14(3)23-6-8-26-9-7-23)22-19(21-18)15-4-5-16-17(12-15)28-11-10-27-16/h4-5,12-14H,6-11H2,1-3H3. The largest absolute Gasteiger partial charge is 0.486 e. The second kappa shape index (κ2) is 7.89. The molecule has 0 saturated carbocycles. The molecule has 0 amide bonds. The summed E-state index contributed by atoms with van der Waals surface area (Å²) < 4.78 is 18.3. The summed E-state index contributed by atoms with van der Waals surface area (Å²) in [6, 6.07) is 5.65. The van der Waals surface area contributed by atoms with Crippen LogP contribution in [0.25, 0.3) is 11.4 Å². The van der Waals surface area contributed by atoms with Gasteiger partial charge in [-0.3, -0.25) is 9.69 Å². The number of aromatic nitrogens is 3. The maximum atomic E-state index is 13.0. The molecule has 0 N–H and O–H groups in total. The van der Waals surface area contributed by atoms with E-state index in [4.69, 9.17) is 14.2 Å². The van der Waals surface area contributed by atoms with Crippen molar-refractivity contribution in [3.63, 3.8) is 0 Å². The van der Waals surface area contributed by atoms with Gasteiger partial charge in [0.2, 0.25) is 0 Å². The van der Waals surface area contributed by atoms with E-state index in [1.807, 2.05) is 39.0 Å². The van der Waals surface area contributed by atoms with Gasteiger partial charge in [0.05, 0.1) is 13.2 Å². The lowest BCUT2D eigenvalue weighted by molar-refractivity contribution is -0.000994. The first kappa shape index (κ1) is 18.9. The monoisotopic (exact) mass is 386 g/mol. The van der Waals surface area contributed by atoms with E-state index >= 15 is 0 Å². The summed E-state index contributed by atoms with van der Waals surface area (Å²) in [5.74, 6) is 1.90. The van der Waals surface area contributed by atoms with Crippen LogP contribution in [0.2, 0.25) is 0 Å². The molecule has 3 heterocycles. The van der Waals surface area contributed by atoms with Gasteiger partial charge < -0.3 is 14.2 Å². The van der Waals surface area contributed by atoms with Crippen LogP contribution in [-0.2, 0) is 4.74 Å². The third-order valence-corrected chi connectivity index (χ3v) is 5.13. The summed E-state index contributed by atoms with van der Waals surface area (Å²) >= 11 is 0. The highest BCUT2D eigenvalue weighted by Gasteiger charge is 2.24. The molecule has 8 heteroatoms. The molecule has 0 aliphatic carbocycles. The van der Waals surface area contributed by atoms with Gasteiger partial charge in [-0.1, -0.05) is 13.8 Å². The van der Waals surface area contributed by atoms with E-state index in [9.17, 15) is 4.79 Å². The lowest BCUT2D eigenvalue weighted by Gasteiger charge is -2.32. The van der Waals surface area contributed by atoms with Crippen molar-refractivity contribution in [2.75, 3.05) is 39.5 Å². The van der Waals surface area contributed by atoms with Crippen molar-refractivity contribution in [1.29, 1.82) is 0 Å². The van der Waals surface area contributed by atoms with Gasteiger partial charge in [-0.05, 0) is 25.1 Å². The molecule has 1 fully saturated rings. The maximum absolute atomic E-state index is 13.0. The van der Waals surface area contributed by atoms with E-state index in [-0.39, 0.29) is 17.6 Å². The van der Waals surface area contributed by atoms with Crippen LogP contribution < -0.4 is 15.0 Å². The number of morpholine rings is 1. The Kier molecular flexibility index (Phi) is 5.32. The maximum Gasteiger partial charge on any atom is 0.290 e. The topological polar surface area (TPSA) is 78.7 Å². The summed E-state index contributed by atoms with van der Waals surface area (Å²) in [5, 5.41) is 4.62. The van der Waals surface area contributed by atoms with Crippen LogP contribution in [0.1, 0.15) is 38.5 Å². The van der Waals surface area contributed by atoms with Crippen LogP contribution in [0.5, 0.6) is 11.5 Å². The van der Waals surface area contributed by atoms with Crippen molar-refractivity contribution in [1.82, 2.24) is 19.7 Å². The average Bonchev–Trinajstić information content (AvgIpc) is 2.73. The van der Waals surface area contributed by atoms with Crippen molar-refractivity contribution >= 4 is 0 Å². The Morgan fingerprint density at radius 2 is 1.71 bits per heavy atom. The minimum Gasteiger partial charge on any atom is -0.486 e. The molecule has 28 heavy (non-hydrogen) atoms. The first-order valence-corrected chi connectivity index (χ1v) is 9.77. The second-order valence-electron chi connectivity index (χ2n) is 7.36. The predicted molar refractivity (Wildman–Crippen MR) is 104 cm³/mol. The molecule has 1 aromatic heterocycles. The van der Waals surface area contributed by atoms with E-state index < -0.39 is 0 Å². The SMILES string of the molecule is CC(C)c1nc(-c2ccc3c(c2)OCCO3)nn(C(C)N2CCOCC2)c1=O. The zero-order chi connectivity index (χ0) is 19.7. The van der Waals surface area contributed by atoms with Gasteiger partial charge in [-0.25, -0.2) is 9.67 Å². The van der Waals surface area contributed by atoms with Crippen LogP contribution in [0.4, 0.5) is 0 Å². The van der Waals surface area contributed by atoms with E-state index in [2.05, 4.69) is 15.0 Å². The summed E-state index contributed by atoms with van der Waals surface area (Å²) in [5.41, 5.74) is 1.17. The highest BCUT2D eigenvalue weighted by Crippen LogP contribution is 2.33. The quantitative estimate of drug-likeness (QED) is 0.796. The summed E-state index contributed by atoms with van der Waals surface area (Å²) in [6.45, 7) is 9.87. The highest BCUT2D eigenvalue weighted by molar-refractivity contribution is 5.61. The first-order valence-electron chi connectivity index (χ1n) is 9.77. The smallest absolute Gasteiger partial charge is 0.290 e. The third kappa shape index (κ3) is 3.62. The summed E-state index contributed by atoms with van der Waals surface area (Å²) in [7, 11) is 0. The van der Waals surface area contributed by atoms with Gasteiger partial charge in [0.1, 0.15) is 25.1 Å². The molecule has 1 saturated heterocycles. The molecular formula is C20H26N4O4. The van der Waals surface area contributed by atoms with Crippen molar-refractivity contribution in [3.05, 3.63) is 34.2 Å². The van der Waals surface area contributed by atoms with Gasteiger partial charge >= 0.3 is 0 Å². The minimum atomic E-state index is -0.173. The Hall–Kier alpha value is -2.45. The molecule has 2 aliphatic rings. The Labute approximate surface area is 164 Å². The molecule has 4 rings (SSSR count). The molecule has 150 valence electrons. The fourth-order valence-corrected chi connectivity index (χ4v) is 3.49.